The number of guanidine groups is 1. The maximum absolute atomic E-state index is 10.5. The molecule has 1 aromatic rings. The van der Waals surface area contributed by atoms with Crippen molar-refractivity contribution >= 4 is 5.96 Å². The fourth-order valence-corrected chi connectivity index (χ4v) is 3.33. The molecule has 1 heterocycles. The second kappa shape index (κ2) is 12.0. The van der Waals surface area contributed by atoms with Gasteiger partial charge in [-0.15, -0.1) is 0 Å². The highest BCUT2D eigenvalue weighted by Crippen LogP contribution is 2.21. The Balaban J connectivity index is 1.60. The predicted molar refractivity (Wildman–Crippen MR) is 109 cm³/mol. The van der Waals surface area contributed by atoms with Crippen LogP contribution in [0.1, 0.15) is 71.0 Å². The summed E-state index contributed by atoms with van der Waals surface area (Å²) in [7, 11) is 0. The lowest BCUT2D eigenvalue weighted by Gasteiger charge is -2.22. The van der Waals surface area contributed by atoms with Gasteiger partial charge in [0, 0.05) is 19.7 Å². The Bertz CT molecular complexity index is 523. The molecule has 1 fully saturated rings. The molecule has 1 aliphatic rings. The molecule has 27 heavy (non-hydrogen) atoms. The summed E-state index contributed by atoms with van der Waals surface area (Å²) in [5.74, 6) is 1.25. The van der Waals surface area contributed by atoms with Gasteiger partial charge in [-0.05, 0) is 58.1 Å². The van der Waals surface area contributed by atoms with Gasteiger partial charge in [0.05, 0.1) is 18.9 Å². The number of nitrogens with zero attached hydrogens (tertiary/aromatic N) is 1. The van der Waals surface area contributed by atoms with Gasteiger partial charge in [-0.1, -0.05) is 19.3 Å². The van der Waals surface area contributed by atoms with E-state index in [1.807, 2.05) is 6.92 Å². The molecule has 1 atom stereocenters. The average Bonchev–Trinajstić information content (AvgIpc) is 3.22. The van der Waals surface area contributed by atoms with Crippen molar-refractivity contribution in [1.82, 2.24) is 10.6 Å². The molecule has 1 aromatic heterocycles. The standard InChI is InChI=1S/C21H37N3O3/c1-3-22-20(24-17-21(2,25)19-13-10-16-27-19)23-14-8-5-9-15-26-18-11-6-4-7-12-18/h10,13,16,18,25H,3-9,11-12,14-15,17H2,1-2H3,(H2,22,23,24). The number of aliphatic hydroxyl groups is 1. The van der Waals surface area contributed by atoms with Crippen molar-refractivity contribution in [2.45, 2.75) is 76.9 Å². The van der Waals surface area contributed by atoms with Gasteiger partial charge >= 0.3 is 0 Å². The van der Waals surface area contributed by atoms with E-state index in [2.05, 4.69) is 15.6 Å². The van der Waals surface area contributed by atoms with Gasteiger partial charge in [0.2, 0.25) is 0 Å². The molecular weight excluding hydrogens is 342 g/mol. The van der Waals surface area contributed by atoms with Gasteiger partial charge in [0.15, 0.2) is 5.96 Å². The molecule has 1 aliphatic carbocycles. The number of hydrogen-bond acceptors (Lipinski definition) is 4. The summed E-state index contributed by atoms with van der Waals surface area (Å²) in [6, 6.07) is 3.54. The highest BCUT2D eigenvalue weighted by molar-refractivity contribution is 5.79. The Morgan fingerprint density at radius 3 is 2.78 bits per heavy atom. The summed E-state index contributed by atoms with van der Waals surface area (Å²) in [6.45, 7) is 6.51. The van der Waals surface area contributed by atoms with E-state index < -0.39 is 5.60 Å². The van der Waals surface area contributed by atoms with Crippen LogP contribution >= 0.6 is 0 Å². The van der Waals surface area contributed by atoms with Crippen molar-refractivity contribution in [1.29, 1.82) is 0 Å². The van der Waals surface area contributed by atoms with Gasteiger partial charge in [-0.3, -0.25) is 0 Å². The third-order valence-corrected chi connectivity index (χ3v) is 4.96. The van der Waals surface area contributed by atoms with Crippen molar-refractivity contribution in [3.8, 4) is 0 Å². The molecule has 154 valence electrons. The highest BCUT2D eigenvalue weighted by atomic mass is 16.5. The van der Waals surface area contributed by atoms with Gasteiger partial charge in [0.25, 0.3) is 0 Å². The summed E-state index contributed by atoms with van der Waals surface area (Å²) in [4.78, 5) is 4.50. The van der Waals surface area contributed by atoms with Gasteiger partial charge in [-0.2, -0.15) is 0 Å². The van der Waals surface area contributed by atoms with Gasteiger partial charge in [0.1, 0.15) is 11.4 Å². The second-order valence-electron chi connectivity index (χ2n) is 7.56. The SMILES string of the molecule is CCNC(=NCC(C)(O)c1ccco1)NCCCCCOC1CCCCC1. The Labute approximate surface area is 163 Å². The van der Waals surface area contributed by atoms with Crippen molar-refractivity contribution < 1.29 is 14.3 Å². The number of rotatable bonds is 11. The van der Waals surface area contributed by atoms with Crippen LogP contribution < -0.4 is 10.6 Å². The molecule has 0 amide bonds. The molecule has 3 N–H and O–H groups in total. The van der Waals surface area contributed by atoms with E-state index in [1.165, 1.54) is 32.1 Å². The van der Waals surface area contributed by atoms with Gasteiger partial charge in [-0.25, -0.2) is 4.99 Å². The normalized spacial score (nSPS) is 18.3. The lowest BCUT2D eigenvalue weighted by molar-refractivity contribution is 0.0263. The summed E-state index contributed by atoms with van der Waals surface area (Å²) in [5.41, 5.74) is -1.11. The Morgan fingerprint density at radius 1 is 1.26 bits per heavy atom. The summed E-state index contributed by atoms with van der Waals surface area (Å²) >= 11 is 0. The topological polar surface area (TPSA) is 79.0 Å². The van der Waals surface area contributed by atoms with Crippen LogP contribution in [0.3, 0.4) is 0 Å². The molecule has 1 saturated carbocycles. The third-order valence-electron chi connectivity index (χ3n) is 4.96. The van der Waals surface area contributed by atoms with E-state index in [-0.39, 0.29) is 6.54 Å². The fourth-order valence-electron chi connectivity index (χ4n) is 3.33. The van der Waals surface area contributed by atoms with Crippen LogP contribution in [-0.4, -0.2) is 43.4 Å². The molecule has 1 unspecified atom stereocenters. The third kappa shape index (κ3) is 8.35. The van der Waals surface area contributed by atoms with Crippen LogP contribution in [0.2, 0.25) is 0 Å². The Kier molecular flexibility index (Phi) is 9.70. The van der Waals surface area contributed by atoms with Crippen molar-refractivity contribution in [2.75, 3.05) is 26.2 Å². The van der Waals surface area contributed by atoms with Crippen LogP contribution in [0.5, 0.6) is 0 Å². The average molecular weight is 380 g/mol. The van der Waals surface area contributed by atoms with Crippen molar-refractivity contribution in [2.24, 2.45) is 4.99 Å². The molecule has 0 bridgehead atoms. The maximum atomic E-state index is 10.5. The number of ether oxygens (including phenoxy) is 1. The summed E-state index contributed by atoms with van der Waals surface area (Å²) in [5, 5.41) is 17.1. The zero-order valence-corrected chi connectivity index (χ0v) is 17.0. The van der Waals surface area contributed by atoms with Crippen LogP contribution in [0.15, 0.2) is 27.8 Å². The minimum atomic E-state index is -1.11. The molecule has 6 nitrogen and oxygen atoms in total. The largest absolute Gasteiger partial charge is 0.466 e. The zero-order valence-electron chi connectivity index (χ0n) is 17.0. The Hall–Kier alpha value is -1.53. The number of nitrogens with one attached hydrogen (secondary N) is 2. The van der Waals surface area contributed by atoms with Gasteiger partial charge < -0.3 is 24.9 Å². The molecule has 0 saturated heterocycles. The van der Waals surface area contributed by atoms with Crippen LogP contribution in [0, 0.1) is 0 Å². The first-order valence-corrected chi connectivity index (χ1v) is 10.5. The fraction of sp³-hybridized carbons (Fsp3) is 0.762. The van der Waals surface area contributed by atoms with E-state index in [9.17, 15) is 5.11 Å². The molecule has 0 aromatic carbocycles. The predicted octanol–water partition coefficient (Wildman–Crippen LogP) is 3.56. The monoisotopic (exact) mass is 379 g/mol. The maximum Gasteiger partial charge on any atom is 0.191 e. The van der Waals surface area contributed by atoms with E-state index >= 15 is 0 Å². The van der Waals surface area contributed by atoms with E-state index in [0.29, 0.717) is 11.9 Å². The molecule has 0 aliphatic heterocycles. The summed E-state index contributed by atoms with van der Waals surface area (Å²) < 4.78 is 11.3. The lowest BCUT2D eigenvalue weighted by atomic mass is 9.98. The van der Waals surface area contributed by atoms with E-state index in [4.69, 9.17) is 9.15 Å². The van der Waals surface area contributed by atoms with Crippen molar-refractivity contribution in [3.63, 3.8) is 0 Å². The molecule has 0 radical (unpaired) electrons. The van der Waals surface area contributed by atoms with E-state index in [0.717, 1.165) is 44.9 Å². The molecule has 2 rings (SSSR count). The number of furan rings is 1. The van der Waals surface area contributed by atoms with Crippen molar-refractivity contribution in [3.05, 3.63) is 24.2 Å². The first-order chi connectivity index (χ1) is 13.1. The Morgan fingerprint density at radius 2 is 2.07 bits per heavy atom. The molecule has 0 spiro atoms. The second-order valence-corrected chi connectivity index (χ2v) is 7.56. The van der Waals surface area contributed by atoms with E-state index in [1.54, 1.807) is 25.3 Å². The highest BCUT2D eigenvalue weighted by Gasteiger charge is 2.26. The number of aliphatic imine (C=N–C) groups is 1. The molecule has 6 heteroatoms. The lowest BCUT2D eigenvalue weighted by Crippen LogP contribution is -2.39. The zero-order chi connectivity index (χ0) is 19.4. The quantitative estimate of drug-likeness (QED) is 0.311. The first-order valence-electron chi connectivity index (χ1n) is 10.5. The van der Waals surface area contributed by atoms with Crippen LogP contribution in [0.4, 0.5) is 0 Å². The minimum Gasteiger partial charge on any atom is -0.466 e. The number of hydrogen-bond donors (Lipinski definition) is 3. The van der Waals surface area contributed by atoms with Crippen LogP contribution in [0.25, 0.3) is 0 Å². The summed E-state index contributed by atoms with van der Waals surface area (Å²) in [6.07, 6.45) is 11.9. The molecular formula is C21H37N3O3. The first kappa shape index (κ1) is 21.8. The minimum absolute atomic E-state index is 0.241. The van der Waals surface area contributed by atoms with Crippen LogP contribution in [-0.2, 0) is 10.3 Å². The smallest absolute Gasteiger partial charge is 0.191 e. The number of unbranched alkanes of at least 4 members (excludes halogenated alkanes) is 2.